The summed E-state index contributed by atoms with van der Waals surface area (Å²) in [7, 11) is 0. The zero-order valence-corrected chi connectivity index (χ0v) is 18.3. The fourth-order valence-corrected chi connectivity index (χ4v) is 3.33. The number of hydrogen-bond acceptors (Lipinski definition) is 4. The fourth-order valence-electron chi connectivity index (χ4n) is 3.33. The van der Waals surface area contributed by atoms with Crippen molar-refractivity contribution < 1.29 is 18.0 Å². The van der Waals surface area contributed by atoms with Gasteiger partial charge in [-0.15, -0.1) is 0 Å². The molecule has 5 nitrogen and oxygen atoms in total. The van der Waals surface area contributed by atoms with E-state index in [4.69, 9.17) is 11.5 Å². The maximum Gasteiger partial charge on any atom is 0.416 e. The van der Waals surface area contributed by atoms with Crippen molar-refractivity contribution in [3.63, 3.8) is 0 Å². The predicted molar refractivity (Wildman–Crippen MR) is 124 cm³/mol. The molecule has 0 saturated heterocycles. The molecule has 2 aromatic carbocycles. The lowest BCUT2D eigenvalue weighted by atomic mass is 10.1. The molecule has 0 unspecified atom stereocenters. The lowest BCUT2D eigenvalue weighted by Gasteiger charge is -2.12. The van der Waals surface area contributed by atoms with Crippen LogP contribution in [0.1, 0.15) is 62.5 Å². The highest BCUT2D eigenvalue weighted by Crippen LogP contribution is 2.29. The number of hydrogen-bond donors (Lipinski definition) is 4. The van der Waals surface area contributed by atoms with Crippen molar-refractivity contribution in [3.05, 3.63) is 53.6 Å². The highest BCUT2D eigenvalue weighted by molar-refractivity contribution is 5.94. The van der Waals surface area contributed by atoms with Gasteiger partial charge in [0.15, 0.2) is 0 Å². The molecule has 6 N–H and O–H groups in total. The van der Waals surface area contributed by atoms with Crippen LogP contribution in [0.2, 0.25) is 0 Å². The van der Waals surface area contributed by atoms with E-state index in [0.29, 0.717) is 29.9 Å². The highest BCUT2D eigenvalue weighted by Gasteiger charge is 2.29. The Hall–Kier alpha value is -2.74. The van der Waals surface area contributed by atoms with Crippen LogP contribution in [0.3, 0.4) is 0 Å². The second-order valence-corrected chi connectivity index (χ2v) is 7.91. The van der Waals surface area contributed by atoms with Crippen molar-refractivity contribution in [2.75, 3.05) is 22.9 Å². The first-order valence-corrected chi connectivity index (χ1v) is 11.1. The van der Waals surface area contributed by atoms with Gasteiger partial charge in [-0.05, 0) is 55.3 Å². The van der Waals surface area contributed by atoms with Gasteiger partial charge in [-0.25, -0.2) is 0 Å². The monoisotopic (exact) mass is 450 g/mol. The third-order valence-electron chi connectivity index (χ3n) is 5.21. The van der Waals surface area contributed by atoms with Crippen LogP contribution in [0.5, 0.6) is 0 Å². The van der Waals surface area contributed by atoms with Gasteiger partial charge in [0.25, 0.3) is 0 Å². The zero-order valence-electron chi connectivity index (χ0n) is 18.3. The molecular weight excluding hydrogens is 417 g/mol. The summed E-state index contributed by atoms with van der Waals surface area (Å²) in [5.41, 5.74) is 13.3. The van der Waals surface area contributed by atoms with Gasteiger partial charge in [0.05, 0.1) is 16.9 Å². The van der Waals surface area contributed by atoms with E-state index >= 15 is 0 Å². The van der Waals surface area contributed by atoms with Crippen molar-refractivity contribution in [1.82, 2.24) is 0 Å². The normalized spacial score (nSPS) is 11.4. The number of halogens is 3. The molecule has 0 aliphatic heterocycles. The van der Waals surface area contributed by atoms with Gasteiger partial charge in [-0.2, -0.15) is 13.2 Å². The molecule has 0 heterocycles. The molecule has 0 atom stereocenters. The summed E-state index contributed by atoms with van der Waals surface area (Å²) in [6.07, 6.45) is 3.72. The molecule has 0 aromatic heterocycles. The molecule has 176 valence electrons. The van der Waals surface area contributed by atoms with Crippen molar-refractivity contribution in [2.24, 2.45) is 5.73 Å². The first-order chi connectivity index (χ1) is 15.3. The second kappa shape index (κ2) is 13.0. The minimum absolute atomic E-state index is 0.0645. The Balaban J connectivity index is 1.72. The molecule has 0 fully saturated rings. The number of carbonyl (C=O) groups is 1. The summed E-state index contributed by atoms with van der Waals surface area (Å²) in [6.45, 7) is 1.11. The number of nitrogen functional groups attached to an aromatic ring is 1. The van der Waals surface area contributed by atoms with Crippen LogP contribution in [0.4, 0.5) is 30.2 Å². The minimum atomic E-state index is -4.34. The Bertz CT molecular complexity index is 838. The largest absolute Gasteiger partial charge is 0.416 e. The van der Waals surface area contributed by atoms with E-state index in [9.17, 15) is 18.0 Å². The first kappa shape index (κ1) is 25.5. The molecule has 2 aromatic rings. The number of alkyl halides is 3. The number of unbranched alkanes of at least 4 members (excludes halogenated alkanes) is 6. The van der Waals surface area contributed by atoms with Crippen molar-refractivity contribution >= 4 is 23.0 Å². The quantitative estimate of drug-likeness (QED) is 0.225. The topological polar surface area (TPSA) is 93.2 Å². The van der Waals surface area contributed by atoms with E-state index in [1.807, 2.05) is 0 Å². The molecule has 8 heteroatoms. The molecule has 0 spiro atoms. The highest BCUT2D eigenvalue weighted by atomic mass is 19.4. The molecule has 1 amide bonds. The lowest BCUT2D eigenvalue weighted by molar-refractivity contribution is -0.137. The van der Waals surface area contributed by atoms with Crippen molar-refractivity contribution in [3.8, 4) is 0 Å². The molecule has 2 rings (SSSR count). The van der Waals surface area contributed by atoms with Crippen LogP contribution in [0.15, 0.2) is 42.5 Å². The summed E-state index contributed by atoms with van der Waals surface area (Å²) in [5, 5.41) is 5.96. The minimum Gasteiger partial charge on any atom is -0.397 e. The van der Waals surface area contributed by atoms with Crippen molar-refractivity contribution in [2.45, 2.75) is 64.1 Å². The smallest absolute Gasteiger partial charge is 0.397 e. The summed E-state index contributed by atoms with van der Waals surface area (Å²) in [6, 6.07) is 10.2. The van der Waals surface area contributed by atoms with Crippen LogP contribution in [0.25, 0.3) is 0 Å². The lowest BCUT2D eigenvalue weighted by Crippen LogP contribution is -2.12. The van der Waals surface area contributed by atoms with Gasteiger partial charge < -0.3 is 22.1 Å². The Morgan fingerprint density at radius 2 is 1.50 bits per heavy atom. The molecule has 0 radical (unpaired) electrons. The van der Waals surface area contributed by atoms with Crippen molar-refractivity contribution in [1.29, 1.82) is 0 Å². The molecule has 32 heavy (non-hydrogen) atoms. The van der Waals surface area contributed by atoms with Crippen LogP contribution in [0, 0.1) is 0 Å². The van der Waals surface area contributed by atoms with E-state index in [2.05, 4.69) is 10.6 Å². The standard InChI is InChI=1S/C24H33F3N4O/c25-24(26,27)19-11-9-18(10-12-19)17-30-20-13-14-22(21(29)16-20)31-23(32)8-6-4-2-1-3-5-7-15-28/h9-14,16,30H,1-8,15,17,28-29H2,(H,31,32). The Morgan fingerprint density at radius 3 is 2.09 bits per heavy atom. The van der Waals surface area contributed by atoms with Crippen LogP contribution in [-0.2, 0) is 17.5 Å². The maximum atomic E-state index is 12.6. The van der Waals surface area contributed by atoms with Gasteiger partial charge in [0.1, 0.15) is 0 Å². The zero-order chi connectivity index (χ0) is 23.4. The number of carbonyl (C=O) groups excluding carboxylic acids is 1. The summed E-state index contributed by atoms with van der Waals surface area (Å²) in [4.78, 5) is 12.2. The van der Waals surface area contributed by atoms with E-state index in [1.165, 1.54) is 31.4 Å². The summed E-state index contributed by atoms with van der Waals surface area (Å²) in [5.74, 6) is -0.0645. The summed E-state index contributed by atoms with van der Waals surface area (Å²) < 4.78 is 37.9. The molecular formula is C24H33F3N4O. The third-order valence-corrected chi connectivity index (χ3v) is 5.21. The predicted octanol–water partition coefficient (Wildman–Crippen LogP) is 5.92. The van der Waals surface area contributed by atoms with Crippen LogP contribution >= 0.6 is 0 Å². The van der Waals surface area contributed by atoms with Crippen LogP contribution in [-0.4, -0.2) is 12.5 Å². The first-order valence-electron chi connectivity index (χ1n) is 11.1. The third kappa shape index (κ3) is 9.18. The van der Waals surface area contributed by atoms with E-state index < -0.39 is 11.7 Å². The molecule has 0 bridgehead atoms. The number of nitrogens with one attached hydrogen (secondary N) is 2. The molecule has 0 aliphatic carbocycles. The van der Waals surface area contributed by atoms with Gasteiger partial charge in [-0.3, -0.25) is 4.79 Å². The average molecular weight is 451 g/mol. The SMILES string of the molecule is NCCCCCCCCCC(=O)Nc1ccc(NCc2ccc(C(F)(F)F)cc2)cc1N. The maximum absolute atomic E-state index is 12.6. The van der Waals surface area contributed by atoms with E-state index in [-0.39, 0.29) is 5.91 Å². The molecule has 0 saturated carbocycles. The number of anilines is 3. The van der Waals surface area contributed by atoms with Gasteiger partial charge in [0, 0.05) is 18.7 Å². The molecule has 0 aliphatic rings. The van der Waals surface area contributed by atoms with E-state index in [1.54, 1.807) is 18.2 Å². The number of amides is 1. The average Bonchev–Trinajstić information content (AvgIpc) is 2.75. The fraction of sp³-hybridized carbons (Fsp3) is 0.458. The Morgan fingerprint density at radius 1 is 0.875 bits per heavy atom. The Kier molecular flexibility index (Phi) is 10.3. The number of benzene rings is 2. The number of nitrogens with two attached hydrogens (primary N) is 2. The Labute approximate surface area is 187 Å². The van der Waals surface area contributed by atoms with E-state index in [0.717, 1.165) is 50.0 Å². The van der Waals surface area contributed by atoms with Gasteiger partial charge >= 0.3 is 6.18 Å². The van der Waals surface area contributed by atoms with Gasteiger partial charge in [-0.1, -0.05) is 44.2 Å². The second-order valence-electron chi connectivity index (χ2n) is 7.91. The summed E-state index contributed by atoms with van der Waals surface area (Å²) >= 11 is 0. The van der Waals surface area contributed by atoms with Gasteiger partial charge in [0.2, 0.25) is 5.91 Å². The van der Waals surface area contributed by atoms with Crippen LogP contribution < -0.4 is 22.1 Å². The number of rotatable bonds is 13.